The number of hydrazone groups is 1. The number of halogens is 1. The zero-order valence-corrected chi connectivity index (χ0v) is 19.2. The Morgan fingerprint density at radius 1 is 1.06 bits per heavy atom. The highest BCUT2D eigenvalue weighted by Crippen LogP contribution is 2.27. The number of benzene rings is 2. The Balaban J connectivity index is 1.53. The van der Waals surface area contributed by atoms with Gasteiger partial charge in [0, 0.05) is 18.8 Å². The molecule has 10 nitrogen and oxygen atoms in total. The van der Waals surface area contributed by atoms with Crippen molar-refractivity contribution < 1.29 is 13.9 Å². The van der Waals surface area contributed by atoms with E-state index in [1.807, 2.05) is 6.07 Å². The highest BCUT2D eigenvalue weighted by Gasteiger charge is 2.16. The van der Waals surface area contributed by atoms with Crippen molar-refractivity contribution in [3.63, 3.8) is 0 Å². The highest BCUT2D eigenvalue weighted by molar-refractivity contribution is 5.81. The van der Waals surface area contributed by atoms with E-state index in [0.717, 1.165) is 31.5 Å². The van der Waals surface area contributed by atoms with E-state index in [4.69, 9.17) is 14.7 Å². The first-order valence-corrected chi connectivity index (χ1v) is 11.1. The van der Waals surface area contributed by atoms with E-state index in [-0.39, 0.29) is 18.4 Å². The summed E-state index contributed by atoms with van der Waals surface area (Å²) in [7, 11) is 1.52. The van der Waals surface area contributed by atoms with Crippen LogP contribution in [0.1, 0.15) is 24.8 Å². The van der Waals surface area contributed by atoms with E-state index in [0.29, 0.717) is 29.1 Å². The van der Waals surface area contributed by atoms with E-state index in [1.54, 1.807) is 36.5 Å². The lowest BCUT2D eigenvalue weighted by molar-refractivity contribution is 0.329. The minimum Gasteiger partial charge on any atom is -0.493 e. The summed E-state index contributed by atoms with van der Waals surface area (Å²) in [5, 5.41) is 16.1. The van der Waals surface area contributed by atoms with Crippen molar-refractivity contribution in [3.8, 4) is 17.6 Å². The fourth-order valence-corrected chi connectivity index (χ4v) is 3.53. The van der Waals surface area contributed by atoms with Gasteiger partial charge < -0.3 is 19.7 Å². The highest BCUT2D eigenvalue weighted by atomic mass is 19.1. The molecule has 4 rings (SSSR count). The maximum atomic E-state index is 13.3. The number of nitriles is 1. The largest absolute Gasteiger partial charge is 0.493 e. The first-order chi connectivity index (χ1) is 17.1. The van der Waals surface area contributed by atoms with Gasteiger partial charge >= 0.3 is 0 Å². The molecule has 0 amide bonds. The summed E-state index contributed by atoms with van der Waals surface area (Å²) in [6, 6.07) is 13.1. The van der Waals surface area contributed by atoms with Crippen LogP contribution in [0.4, 0.5) is 27.9 Å². The number of nitrogens with one attached hydrogen (secondary N) is 2. The van der Waals surface area contributed by atoms with Crippen LogP contribution >= 0.6 is 0 Å². The van der Waals surface area contributed by atoms with Gasteiger partial charge in [0.25, 0.3) is 0 Å². The Kier molecular flexibility index (Phi) is 7.85. The van der Waals surface area contributed by atoms with Crippen LogP contribution in [0.3, 0.4) is 0 Å². The smallest absolute Gasteiger partial charge is 0.250 e. The van der Waals surface area contributed by atoms with Crippen molar-refractivity contribution in [3.05, 3.63) is 53.8 Å². The Morgan fingerprint density at radius 2 is 1.83 bits per heavy atom. The molecule has 0 unspecified atom stereocenters. The van der Waals surface area contributed by atoms with Crippen LogP contribution in [0, 0.1) is 17.1 Å². The number of nitrogens with zero attached hydrogens (tertiary/aromatic N) is 6. The van der Waals surface area contributed by atoms with Crippen LogP contribution < -0.4 is 25.1 Å². The third kappa shape index (κ3) is 6.54. The monoisotopic (exact) mass is 476 g/mol. The van der Waals surface area contributed by atoms with Gasteiger partial charge in [-0.1, -0.05) is 0 Å². The molecule has 0 spiro atoms. The minimum absolute atomic E-state index is 0.0711. The summed E-state index contributed by atoms with van der Waals surface area (Å²) in [4.78, 5) is 15.6. The molecule has 1 aromatic heterocycles. The van der Waals surface area contributed by atoms with Crippen LogP contribution in [-0.2, 0) is 0 Å². The average Bonchev–Trinajstić information content (AvgIpc) is 2.89. The van der Waals surface area contributed by atoms with Gasteiger partial charge in [-0.25, -0.2) is 9.82 Å². The van der Waals surface area contributed by atoms with E-state index in [9.17, 15) is 4.39 Å². The lowest BCUT2D eigenvalue weighted by atomic mass is 10.1. The Morgan fingerprint density at radius 3 is 2.57 bits per heavy atom. The molecule has 1 saturated heterocycles. The second-order valence-electron chi connectivity index (χ2n) is 7.69. The first kappa shape index (κ1) is 23.7. The van der Waals surface area contributed by atoms with Crippen molar-refractivity contribution in [1.82, 2.24) is 15.0 Å². The molecule has 1 aliphatic heterocycles. The predicted octanol–water partition coefficient (Wildman–Crippen LogP) is 4.10. The Labute approximate surface area is 202 Å². The molecule has 11 heteroatoms. The molecule has 0 saturated carbocycles. The molecule has 0 bridgehead atoms. The number of rotatable bonds is 9. The SMILES string of the molecule is COc1cc(/C=N\Nc2nc(Nc3ccc(F)cc3)nc(N3CCCCC3)n2)ccc1OCC#N. The van der Waals surface area contributed by atoms with E-state index >= 15 is 0 Å². The molecule has 2 aromatic carbocycles. The fourth-order valence-electron chi connectivity index (χ4n) is 3.53. The van der Waals surface area contributed by atoms with Crippen molar-refractivity contribution in [2.75, 3.05) is 42.4 Å². The summed E-state index contributed by atoms with van der Waals surface area (Å²) in [5.41, 5.74) is 4.26. The van der Waals surface area contributed by atoms with Crippen molar-refractivity contribution in [2.24, 2.45) is 5.10 Å². The third-order valence-corrected chi connectivity index (χ3v) is 5.22. The van der Waals surface area contributed by atoms with Gasteiger partial charge in [0.05, 0.1) is 13.3 Å². The lowest BCUT2D eigenvalue weighted by Crippen LogP contribution is -2.31. The van der Waals surface area contributed by atoms with Crippen LogP contribution in [0.5, 0.6) is 11.5 Å². The van der Waals surface area contributed by atoms with E-state index in [1.165, 1.54) is 25.7 Å². The maximum Gasteiger partial charge on any atom is 0.250 e. The molecular weight excluding hydrogens is 451 g/mol. The van der Waals surface area contributed by atoms with Crippen molar-refractivity contribution >= 4 is 29.7 Å². The second kappa shape index (κ2) is 11.6. The molecule has 35 heavy (non-hydrogen) atoms. The standard InChI is InChI=1S/C24H25FN8O2/c1-34-21-15-17(5-10-20(21)35-14-11-26)16-27-32-23-29-22(28-19-8-6-18(25)7-9-19)30-24(31-23)33-12-3-2-4-13-33/h5-10,15-16H,2-4,12-14H2,1H3,(H2,28,29,30,31,32)/b27-16-. The summed E-state index contributed by atoms with van der Waals surface area (Å²) < 4.78 is 23.9. The molecule has 0 atom stereocenters. The summed E-state index contributed by atoms with van der Waals surface area (Å²) >= 11 is 0. The van der Waals surface area contributed by atoms with Gasteiger partial charge in [0.2, 0.25) is 17.8 Å². The Hall–Kier alpha value is -4.46. The van der Waals surface area contributed by atoms with Crippen LogP contribution in [0.2, 0.25) is 0 Å². The molecule has 3 aromatic rings. The van der Waals surface area contributed by atoms with Gasteiger partial charge in [0.1, 0.15) is 11.9 Å². The van der Waals surface area contributed by atoms with Crippen LogP contribution in [0.15, 0.2) is 47.6 Å². The summed E-state index contributed by atoms with van der Waals surface area (Å²) in [6.07, 6.45) is 4.92. The van der Waals surface area contributed by atoms with Crippen LogP contribution in [-0.4, -0.2) is 48.0 Å². The van der Waals surface area contributed by atoms with Gasteiger partial charge in [-0.2, -0.15) is 25.3 Å². The predicted molar refractivity (Wildman–Crippen MR) is 131 cm³/mol. The number of anilines is 4. The molecule has 1 fully saturated rings. The second-order valence-corrected chi connectivity index (χ2v) is 7.69. The normalized spacial score (nSPS) is 13.3. The van der Waals surface area contributed by atoms with E-state index in [2.05, 4.69) is 35.7 Å². The number of methoxy groups -OCH3 is 1. The Bertz CT molecular complexity index is 1210. The molecule has 2 heterocycles. The first-order valence-electron chi connectivity index (χ1n) is 11.1. The molecular formula is C24H25FN8O2. The van der Waals surface area contributed by atoms with Crippen molar-refractivity contribution in [1.29, 1.82) is 5.26 Å². The lowest BCUT2D eigenvalue weighted by Gasteiger charge is -2.26. The summed E-state index contributed by atoms with van der Waals surface area (Å²) in [5.74, 6) is 1.77. The average molecular weight is 477 g/mol. The molecule has 0 radical (unpaired) electrons. The minimum atomic E-state index is -0.321. The number of hydrogen-bond donors (Lipinski definition) is 2. The quantitative estimate of drug-likeness (QED) is 0.347. The summed E-state index contributed by atoms with van der Waals surface area (Å²) in [6.45, 7) is 1.66. The zero-order chi connectivity index (χ0) is 24.5. The number of piperidine rings is 1. The maximum absolute atomic E-state index is 13.3. The van der Waals surface area contributed by atoms with Gasteiger partial charge in [-0.15, -0.1) is 0 Å². The van der Waals surface area contributed by atoms with Gasteiger partial charge in [-0.3, -0.25) is 0 Å². The number of ether oxygens (including phenoxy) is 2. The van der Waals surface area contributed by atoms with Crippen LogP contribution in [0.25, 0.3) is 0 Å². The number of hydrogen-bond acceptors (Lipinski definition) is 10. The van der Waals surface area contributed by atoms with Gasteiger partial charge in [0.15, 0.2) is 18.1 Å². The molecule has 1 aliphatic rings. The fraction of sp³-hybridized carbons (Fsp3) is 0.292. The van der Waals surface area contributed by atoms with Gasteiger partial charge in [-0.05, 0) is 67.3 Å². The van der Waals surface area contributed by atoms with E-state index < -0.39 is 0 Å². The molecule has 180 valence electrons. The van der Waals surface area contributed by atoms with Crippen molar-refractivity contribution in [2.45, 2.75) is 19.3 Å². The molecule has 0 aliphatic carbocycles. The zero-order valence-electron chi connectivity index (χ0n) is 19.2. The third-order valence-electron chi connectivity index (χ3n) is 5.22. The molecule has 2 N–H and O–H groups in total. The number of aromatic nitrogens is 3. The topological polar surface area (TPSA) is 121 Å².